The van der Waals surface area contributed by atoms with Crippen molar-refractivity contribution in [2.45, 2.75) is 26.3 Å². The van der Waals surface area contributed by atoms with Gasteiger partial charge in [-0.15, -0.1) is 11.3 Å². The summed E-state index contributed by atoms with van der Waals surface area (Å²) in [5.41, 5.74) is 2.66. The fraction of sp³-hybridized carbons (Fsp3) is 0.190. The van der Waals surface area contributed by atoms with E-state index in [0.29, 0.717) is 22.8 Å². The Morgan fingerprint density at radius 3 is 2.70 bits per heavy atom. The molecule has 0 radical (unpaired) electrons. The quantitative estimate of drug-likeness (QED) is 0.589. The van der Waals surface area contributed by atoms with Crippen LogP contribution in [0, 0.1) is 11.3 Å². The molecule has 0 saturated carbocycles. The molecule has 1 aromatic heterocycles. The van der Waals surface area contributed by atoms with E-state index in [1.807, 2.05) is 42.6 Å². The molecule has 27 heavy (non-hydrogen) atoms. The Labute approximate surface area is 167 Å². The number of anilines is 1. The molecule has 4 nitrogen and oxygen atoms in total. The number of benzene rings is 2. The third-order valence-corrected chi connectivity index (χ3v) is 5.37. The van der Waals surface area contributed by atoms with Gasteiger partial charge in [0.15, 0.2) is 0 Å². The summed E-state index contributed by atoms with van der Waals surface area (Å²) in [5, 5.41) is 12.9. The zero-order chi connectivity index (χ0) is 19.2. The monoisotopic (exact) mass is 395 g/mol. The molecule has 0 aliphatic rings. The minimum Gasteiger partial charge on any atom is -0.306 e. The van der Waals surface area contributed by atoms with Crippen LogP contribution in [0.2, 0.25) is 5.02 Å². The minimum atomic E-state index is -0.120. The van der Waals surface area contributed by atoms with Crippen LogP contribution < -0.4 is 4.90 Å². The number of rotatable bonds is 6. The van der Waals surface area contributed by atoms with Gasteiger partial charge in [-0.1, -0.05) is 48.9 Å². The van der Waals surface area contributed by atoms with Crippen LogP contribution in [0.15, 0.2) is 53.9 Å². The number of nitrogens with zero attached hydrogens (tertiary/aromatic N) is 3. The highest BCUT2D eigenvalue weighted by atomic mass is 35.5. The van der Waals surface area contributed by atoms with E-state index in [1.165, 1.54) is 0 Å². The van der Waals surface area contributed by atoms with Gasteiger partial charge in [0.1, 0.15) is 6.07 Å². The average molecular weight is 396 g/mol. The molecule has 3 rings (SSSR count). The van der Waals surface area contributed by atoms with Crippen molar-refractivity contribution in [1.29, 1.82) is 5.26 Å². The van der Waals surface area contributed by atoms with Crippen molar-refractivity contribution in [2.75, 3.05) is 4.90 Å². The normalized spacial score (nSPS) is 10.4. The van der Waals surface area contributed by atoms with Gasteiger partial charge in [-0.2, -0.15) is 5.26 Å². The van der Waals surface area contributed by atoms with Gasteiger partial charge < -0.3 is 4.90 Å². The molecule has 0 unspecified atom stereocenters. The van der Waals surface area contributed by atoms with Gasteiger partial charge in [0.25, 0.3) is 0 Å². The average Bonchev–Trinajstić information content (AvgIpc) is 3.14. The van der Waals surface area contributed by atoms with Crippen LogP contribution in [-0.4, -0.2) is 10.9 Å². The van der Waals surface area contributed by atoms with E-state index in [-0.39, 0.29) is 12.3 Å². The van der Waals surface area contributed by atoms with Crippen molar-refractivity contribution in [3.63, 3.8) is 0 Å². The summed E-state index contributed by atoms with van der Waals surface area (Å²) < 4.78 is 0. The second kappa shape index (κ2) is 8.81. The number of thiazole rings is 1. The summed E-state index contributed by atoms with van der Waals surface area (Å²) in [4.78, 5) is 19.2. The van der Waals surface area contributed by atoms with E-state index in [1.54, 1.807) is 34.4 Å². The van der Waals surface area contributed by atoms with Crippen molar-refractivity contribution in [3.8, 4) is 6.07 Å². The lowest BCUT2D eigenvalue weighted by molar-refractivity contribution is -0.118. The van der Waals surface area contributed by atoms with Crippen LogP contribution in [0.3, 0.4) is 0 Å². The number of aromatic nitrogens is 1. The number of carbonyl (C=O) groups excluding carboxylic acids is 1. The second-order valence-corrected chi connectivity index (χ2v) is 7.38. The van der Waals surface area contributed by atoms with E-state index in [2.05, 4.69) is 11.1 Å². The Hall–Kier alpha value is -2.68. The third-order valence-electron chi connectivity index (χ3n) is 4.09. The predicted octanol–water partition coefficient (Wildman–Crippen LogP) is 5.01. The van der Waals surface area contributed by atoms with Gasteiger partial charge >= 0.3 is 0 Å². The van der Waals surface area contributed by atoms with Crippen molar-refractivity contribution in [1.82, 2.24) is 4.98 Å². The maximum Gasteiger partial charge on any atom is 0.233 e. The number of hydrogen-bond acceptors (Lipinski definition) is 4. The van der Waals surface area contributed by atoms with Crippen molar-refractivity contribution in [2.24, 2.45) is 0 Å². The first kappa shape index (κ1) is 19.1. The van der Waals surface area contributed by atoms with E-state index in [0.717, 1.165) is 22.7 Å². The van der Waals surface area contributed by atoms with Gasteiger partial charge in [0.2, 0.25) is 5.91 Å². The van der Waals surface area contributed by atoms with Crippen LogP contribution in [0.25, 0.3) is 0 Å². The molecule has 6 heteroatoms. The standard InChI is InChI=1S/C21H18ClN3OS/c1-2-20-24-18(14-27-20)11-21(26)25(13-15-6-4-3-5-7-15)19-10-17(22)9-8-16(19)12-23/h3-10,14H,2,11,13H2,1H3. The fourth-order valence-electron chi connectivity index (χ4n) is 2.74. The molecular weight excluding hydrogens is 378 g/mol. The highest BCUT2D eigenvalue weighted by molar-refractivity contribution is 7.09. The second-order valence-electron chi connectivity index (χ2n) is 6.00. The smallest absolute Gasteiger partial charge is 0.233 e. The summed E-state index contributed by atoms with van der Waals surface area (Å²) in [5.74, 6) is -0.120. The van der Waals surface area contributed by atoms with Gasteiger partial charge in [-0.25, -0.2) is 4.98 Å². The molecule has 0 spiro atoms. The minimum absolute atomic E-state index is 0.120. The molecule has 0 bridgehead atoms. The molecule has 0 aliphatic heterocycles. The van der Waals surface area contributed by atoms with Crippen LogP contribution in [0.5, 0.6) is 0 Å². The van der Waals surface area contributed by atoms with Crippen LogP contribution in [-0.2, 0) is 24.2 Å². The summed E-state index contributed by atoms with van der Waals surface area (Å²) in [6.07, 6.45) is 1.03. The Bertz CT molecular complexity index is 979. The summed E-state index contributed by atoms with van der Waals surface area (Å²) >= 11 is 7.71. The van der Waals surface area contributed by atoms with Crippen LogP contribution >= 0.6 is 22.9 Å². The first-order valence-corrected chi connectivity index (χ1v) is 9.83. The lowest BCUT2D eigenvalue weighted by atomic mass is 10.1. The zero-order valence-electron chi connectivity index (χ0n) is 14.9. The molecule has 0 aliphatic carbocycles. The van der Waals surface area contributed by atoms with Crippen molar-refractivity contribution in [3.05, 3.63) is 80.8 Å². The van der Waals surface area contributed by atoms with E-state index < -0.39 is 0 Å². The Morgan fingerprint density at radius 1 is 1.26 bits per heavy atom. The Balaban J connectivity index is 1.95. The fourth-order valence-corrected chi connectivity index (χ4v) is 3.65. The third kappa shape index (κ3) is 4.73. The number of carbonyl (C=O) groups is 1. The number of nitriles is 1. The molecule has 0 fully saturated rings. The van der Waals surface area contributed by atoms with Gasteiger partial charge in [0, 0.05) is 10.4 Å². The first-order chi connectivity index (χ1) is 13.1. The van der Waals surface area contributed by atoms with E-state index in [4.69, 9.17) is 11.6 Å². The molecule has 0 atom stereocenters. The molecule has 2 aromatic carbocycles. The van der Waals surface area contributed by atoms with Crippen LogP contribution in [0.1, 0.15) is 28.8 Å². The number of halogens is 1. The van der Waals surface area contributed by atoms with Gasteiger partial charge in [0.05, 0.1) is 34.9 Å². The topological polar surface area (TPSA) is 57.0 Å². The molecule has 3 aromatic rings. The Morgan fingerprint density at radius 2 is 2.04 bits per heavy atom. The maximum absolute atomic E-state index is 13.1. The highest BCUT2D eigenvalue weighted by Crippen LogP contribution is 2.27. The summed E-state index contributed by atoms with van der Waals surface area (Å²) in [7, 11) is 0. The van der Waals surface area contributed by atoms with Gasteiger partial charge in [-0.3, -0.25) is 4.79 Å². The molecule has 0 N–H and O–H groups in total. The lowest BCUT2D eigenvalue weighted by Crippen LogP contribution is -2.32. The van der Waals surface area contributed by atoms with Gasteiger partial charge in [-0.05, 0) is 30.2 Å². The Kier molecular flexibility index (Phi) is 6.23. The highest BCUT2D eigenvalue weighted by Gasteiger charge is 2.21. The largest absolute Gasteiger partial charge is 0.306 e. The van der Waals surface area contributed by atoms with E-state index >= 15 is 0 Å². The number of aryl methyl sites for hydroxylation is 1. The van der Waals surface area contributed by atoms with Crippen molar-refractivity contribution >= 4 is 34.5 Å². The number of hydrogen-bond donors (Lipinski definition) is 0. The molecule has 1 amide bonds. The molecule has 0 saturated heterocycles. The van der Waals surface area contributed by atoms with E-state index in [9.17, 15) is 10.1 Å². The molecular formula is C21H18ClN3OS. The SMILES string of the molecule is CCc1nc(CC(=O)N(Cc2ccccc2)c2cc(Cl)ccc2C#N)cs1. The van der Waals surface area contributed by atoms with Crippen LogP contribution in [0.4, 0.5) is 5.69 Å². The number of amides is 1. The first-order valence-electron chi connectivity index (χ1n) is 8.58. The summed E-state index contributed by atoms with van der Waals surface area (Å²) in [6.45, 7) is 2.40. The van der Waals surface area contributed by atoms with Crippen molar-refractivity contribution < 1.29 is 4.79 Å². The lowest BCUT2D eigenvalue weighted by Gasteiger charge is -2.24. The predicted molar refractivity (Wildman–Crippen MR) is 109 cm³/mol. The molecule has 1 heterocycles. The zero-order valence-corrected chi connectivity index (χ0v) is 16.4. The summed E-state index contributed by atoms with van der Waals surface area (Å²) in [6, 6.07) is 16.8. The molecule has 136 valence electrons. The maximum atomic E-state index is 13.1.